The van der Waals surface area contributed by atoms with Crippen molar-refractivity contribution in [2.75, 3.05) is 26.1 Å². The van der Waals surface area contributed by atoms with Gasteiger partial charge in [-0.15, -0.1) is 0 Å². The maximum Gasteiger partial charge on any atom is 0.250 e. The number of nitrogens with one attached hydrogen (secondary N) is 2. The van der Waals surface area contributed by atoms with Crippen LogP contribution in [0.1, 0.15) is 23.1 Å². The second-order valence-corrected chi connectivity index (χ2v) is 9.96. The Morgan fingerprint density at radius 3 is 2.51 bits per heavy atom. The molecule has 2 saturated heterocycles. The first-order valence-corrected chi connectivity index (χ1v) is 12.2. The van der Waals surface area contributed by atoms with Gasteiger partial charge >= 0.3 is 0 Å². The monoisotopic (exact) mass is 526 g/mol. The normalized spacial score (nSPS) is 25.9. The minimum absolute atomic E-state index is 0.105. The third-order valence-corrected chi connectivity index (χ3v) is 8.08. The Balaban J connectivity index is 1.51. The van der Waals surface area contributed by atoms with Crippen LogP contribution in [-0.2, 0) is 31.1 Å². The predicted molar refractivity (Wildman–Crippen MR) is 134 cm³/mol. The zero-order chi connectivity index (χ0) is 26.6. The van der Waals surface area contributed by atoms with E-state index < -0.39 is 47.0 Å². The number of nitrogens with two attached hydrogens (primary N) is 1. The van der Waals surface area contributed by atoms with E-state index in [1.165, 1.54) is 19.1 Å². The standard InChI is InChI=1S/C26H27ClN4O6/c1-12-15(27)6-5-14-22(12)29-25(35)26(14)21-20(16(30-26)11-19(28)32)23(33)31(24(21)34)9-8-13-4-7-17(36-2)18(10-13)37-3/h4-7,10,16,20-21,30H,8-9,11H2,1-3H3,(H2,28,32)(H,29,35)/t16-,20-,21-,26-/m1/s1. The molecule has 3 aliphatic rings. The second kappa shape index (κ2) is 9.04. The smallest absolute Gasteiger partial charge is 0.250 e. The fourth-order valence-corrected chi connectivity index (χ4v) is 6.10. The van der Waals surface area contributed by atoms with Crippen molar-refractivity contribution >= 4 is 40.9 Å². The van der Waals surface area contributed by atoms with E-state index in [0.29, 0.717) is 39.8 Å². The Morgan fingerprint density at radius 1 is 1.11 bits per heavy atom. The highest BCUT2D eigenvalue weighted by Crippen LogP contribution is 2.54. The molecule has 0 bridgehead atoms. The third kappa shape index (κ3) is 3.66. The van der Waals surface area contributed by atoms with E-state index in [9.17, 15) is 19.2 Å². The highest BCUT2D eigenvalue weighted by atomic mass is 35.5. The molecule has 3 aliphatic heterocycles. The summed E-state index contributed by atoms with van der Waals surface area (Å²) in [4.78, 5) is 54.1. The fourth-order valence-electron chi connectivity index (χ4n) is 5.94. The van der Waals surface area contributed by atoms with Crippen LogP contribution in [0.5, 0.6) is 11.5 Å². The number of nitrogens with zero attached hydrogens (tertiary/aromatic N) is 1. The molecule has 5 rings (SSSR count). The van der Waals surface area contributed by atoms with Crippen LogP contribution in [0.15, 0.2) is 30.3 Å². The lowest BCUT2D eigenvalue weighted by Gasteiger charge is -2.29. The van der Waals surface area contributed by atoms with Crippen molar-refractivity contribution in [3.63, 3.8) is 0 Å². The number of methoxy groups -OCH3 is 2. The number of benzene rings is 2. The number of primary amides is 1. The second-order valence-electron chi connectivity index (χ2n) is 9.55. The van der Waals surface area contributed by atoms with Crippen LogP contribution in [0.25, 0.3) is 0 Å². The van der Waals surface area contributed by atoms with Crippen LogP contribution >= 0.6 is 11.6 Å². The number of anilines is 1. The molecular weight excluding hydrogens is 500 g/mol. The molecule has 10 nitrogen and oxygen atoms in total. The van der Waals surface area contributed by atoms with E-state index in [1.54, 1.807) is 31.2 Å². The van der Waals surface area contributed by atoms with E-state index in [4.69, 9.17) is 26.8 Å². The number of halogens is 1. The van der Waals surface area contributed by atoms with E-state index >= 15 is 0 Å². The van der Waals surface area contributed by atoms with Crippen LogP contribution < -0.4 is 25.8 Å². The van der Waals surface area contributed by atoms with Gasteiger partial charge in [-0.1, -0.05) is 23.7 Å². The number of rotatable bonds is 7. The average Bonchev–Trinajstić information content (AvgIpc) is 3.44. The van der Waals surface area contributed by atoms with E-state index in [0.717, 1.165) is 5.56 Å². The predicted octanol–water partition coefficient (Wildman–Crippen LogP) is 1.50. The molecule has 194 valence electrons. The number of amides is 4. The van der Waals surface area contributed by atoms with Crippen LogP contribution in [-0.4, -0.2) is 55.3 Å². The Morgan fingerprint density at radius 2 is 1.84 bits per heavy atom. The number of hydrogen-bond donors (Lipinski definition) is 3. The Hall–Kier alpha value is -3.63. The lowest BCUT2D eigenvalue weighted by Crippen LogP contribution is -2.53. The molecule has 3 heterocycles. The van der Waals surface area contributed by atoms with Crippen molar-refractivity contribution in [3.05, 3.63) is 52.0 Å². The van der Waals surface area contributed by atoms with Gasteiger partial charge in [0.05, 0.1) is 31.7 Å². The zero-order valence-electron chi connectivity index (χ0n) is 20.6. The summed E-state index contributed by atoms with van der Waals surface area (Å²) in [5, 5.41) is 6.49. The largest absolute Gasteiger partial charge is 0.493 e. The molecule has 2 fully saturated rings. The number of carbonyl (C=O) groups excluding carboxylic acids is 4. The number of hydrogen-bond acceptors (Lipinski definition) is 7. The van der Waals surface area contributed by atoms with Gasteiger partial charge in [0.1, 0.15) is 5.54 Å². The topological polar surface area (TPSA) is 140 Å². The minimum atomic E-state index is -1.51. The van der Waals surface area contributed by atoms with E-state index in [1.807, 2.05) is 6.07 Å². The van der Waals surface area contributed by atoms with Crippen LogP contribution in [0.2, 0.25) is 5.02 Å². The van der Waals surface area contributed by atoms with Gasteiger partial charge in [-0.05, 0) is 42.7 Å². The number of fused-ring (bicyclic) bond motifs is 4. The van der Waals surface area contributed by atoms with Gasteiger partial charge < -0.3 is 20.5 Å². The van der Waals surface area contributed by atoms with Crippen molar-refractivity contribution in [2.24, 2.45) is 17.6 Å². The lowest BCUT2D eigenvalue weighted by atomic mass is 9.76. The SMILES string of the molecule is COc1ccc(CCN2C(=O)[C@@H]3[C@@H](CC(N)=O)N[C@@]4(C(=O)Nc5c4ccc(Cl)c5C)[C@H]3C2=O)cc1OC. The van der Waals surface area contributed by atoms with E-state index in [-0.39, 0.29) is 13.0 Å². The van der Waals surface area contributed by atoms with Gasteiger partial charge in [-0.3, -0.25) is 29.4 Å². The summed E-state index contributed by atoms with van der Waals surface area (Å²) >= 11 is 6.28. The maximum absolute atomic E-state index is 13.8. The van der Waals surface area contributed by atoms with Crippen molar-refractivity contribution in [1.82, 2.24) is 10.2 Å². The summed E-state index contributed by atoms with van der Waals surface area (Å²) in [6, 6.07) is 7.94. The number of ether oxygens (including phenoxy) is 2. The van der Waals surface area contributed by atoms with Gasteiger partial charge in [0, 0.05) is 29.6 Å². The maximum atomic E-state index is 13.8. The molecule has 0 aliphatic carbocycles. The van der Waals surface area contributed by atoms with Crippen molar-refractivity contribution in [3.8, 4) is 11.5 Å². The minimum Gasteiger partial charge on any atom is -0.493 e. The molecule has 1 spiro atoms. The number of imide groups is 1. The molecule has 0 unspecified atom stereocenters. The quantitative estimate of drug-likeness (QED) is 0.464. The third-order valence-electron chi connectivity index (χ3n) is 7.67. The molecule has 0 saturated carbocycles. The Bertz CT molecular complexity index is 1350. The van der Waals surface area contributed by atoms with Gasteiger partial charge in [-0.2, -0.15) is 0 Å². The van der Waals surface area contributed by atoms with Gasteiger partial charge in [0.15, 0.2) is 11.5 Å². The van der Waals surface area contributed by atoms with Crippen molar-refractivity contribution in [1.29, 1.82) is 0 Å². The van der Waals surface area contributed by atoms with Crippen LogP contribution in [0.4, 0.5) is 5.69 Å². The summed E-state index contributed by atoms with van der Waals surface area (Å²) in [5.74, 6) is -2.84. The first-order valence-electron chi connectivity index (χ1n) is 11.9. The summed E-state index contributed by atoms with van der Waals surface area (Å²) in [7, 11) is 3.07. The van der Waals surface area contributed by atoms with Crippen molar-refractivity contribution in [2.45, 2.75) is 31.3 Å². The molecule has 11 heteroatoms. The summed E-state index contributed by atoms with van der Waals surface area (Å²) in [6.07, 6.45) is 0.177. The van der Waals surface area contributed by atoms with Crippen LogP contribution in [0.3, 0.4) is 0 Å². The molecule has 4 atom stereocenters. The van der Waals surface area contributed by atoms with Crippen LogP contribution in [0, 0.1) is 18.8 Å². The lowest BCUT2D eigenvalue weighted by molar-refractivity contribution is -0.142. The molecule has 2 aromatic carbocycles. The summed E-state index contributed by atoms with van der Waals surface area (Å²) < 4.78 is 10.6. The van der Waals surface area contributed by atoms with Gasteiger partial charge in [0.25, 0.3) is 0 Å². The molecular formula is C26H27ClN4O6. The number of likely N-dealkylation sites (tertiary alicyclic amines) is 1. The Labute approximate surface area is 218 Å². The zero-order valence-corrected chi connectivity index (χ0v) is 21.3. The van der Waals surface area contributed by atoms with Gasteiger partial charge in [-0.25, -0.2) is 0 Å². The Kier molecular flexibility index (Phi) is 6.12. The molecule has 0 radical (unpaired) electrons. The average molecular weight is 527 g/mol. The molecule has 0 aromatic heterocycles. The molecule has 4 N–H and O–H groups in total. The highest BCUT2D eigenvalue weighted by molar-refractivity contribution is 6.32. The summed E-state index contributed by atoms with van der Waals surface area (Å²) in [6.45, 7) is 1.87. The first kappa shape index (κ1) is 25.0. The number of carbonyl (C=O) groups is 4. The fraction of sp³-hybridized carbons (Fsp3) is 0.385. The molecule has 4 amide bonds. The van der Waals surface area contributed by atoms with Crippen molar-refractivity contribution < 1.29 is 28.7 Å². The molecule has 2 aromatic rings. The van der Waals surface area contributed by atoms with E-state index in [2.05, 4.69) is 10.6 Å². The first-order chi connectivity index (χ1) is 17.6. The van der Waals surface area contributed by atoms with Gasteiger partial charge in [0.2, 0.25) is 23.6 Å². The molecule has 37 heavy (non-hydrogen) atoms. The highest BCUT2D eigenvalue weighted by Gasteiger charge is 2.70. The summed E-state index contributed by atoms with van der Waals surface area (Å²) in [5.41, 5.74) is 6.51.